The number of hydrogen-bond acceptors (Lipinski definition) is 4. The van der Waals surface area contributed by atoms with Crippen molar-refractivity contribution >= 4 is 17.4 Å². The van der Waals surface area contributed by atoms with Gasteiger partial charge in [0.25, 0.3) is 5.69 Å². The summed E-state index contributed by atoms with van der Waals surface area (Å²) < 4.78 is 0. The average Bonchev–Trinajstić information content (AvgIpc) is 2.55. The Labute approximate surface area is 127 Å². The summed E-state index contributed by atoms with van der Waals surface area (Å²) >= 11 is 0. The molecule has 114 valence electrons. The molecule has 0 aliphatic carbocycles. The molecular weight excluding hydrogens is 284 g/mol. The topological polar surface area (TPSA) is 103 Å². The van der Waals surface area contributed by atoms with Gasteiger partial charge in [0.2, 0.25) is 5.91 Å². The molecule has 0 heterocycles. The van der Waals surface area contributed by atoms with Gasteiger partial charge in [-0.3, -0.25) is 19.7 Å². The zero-order chi connectivity index (χ0) is 16.5. The first kappa shape index (κ1) is 17.0. The van der Waals surface area contributed by atoms with Crippen molar-refractivity contribution in [3.05, 3.63) is 75.8 Å². The molecule has 2 aromatic carbocycles. The quantitative estimate of drug-likeness (QED) is 0.532. The maximum atomic E-state index is 12.1. The van der Waals surface area contributed by atoms with Gasteiger partial charge in [-0.15, -0.1) is 0 Å². The Morgan fingerprint density at radius 1 is 1.05 bits per heavy atom. The molecule has 0 fully saturated rings. The van der Waals surface area contributed by atoms with Crippen molar-refractivity contribution < 1.29 is 14.5 Å². The molecule has 0 spiro atoms. The van der Waals surface area contributed by atoms with Crippen molar-refractivity contribution in [2.75, 3.05) is 0 Å². The largest absolute Gasteiger partial charge is 0.370 e. The number of primary amides is 1. The third kappa shape index (κ3) is 4.82. The lowest BCUT2D eigenvalue weighted by atomic mass is 10.0. The van der Waals surface area contributed by atoms with E-state index in [1.165, 1.54) is 12.1 Å². The van der Waals surface area contributed by atoms with E-state index in [1.807, 2.05) is 0 Å². The second kappa shape index (κ2) is 8.31. The lowest BCUT2D eigenvalue weighted by Gasteiger charge is -2.01. The van der Waals surface area contributed by atoms with Crippen LogP contribution < -0.4 is 5.73 Å². The predicted molar refractivity (Wildman–Crippen MR) is 82.5 cm³/mol. The van der Waals surface area contributed by atoms with Gasteiger partial charge in [-0.2, -0.15) is 0 Å². The third-order valence-electron chi connectivity index (χ3n) is 2.73. The zero-order valence-electron chi connectivity index (χ0n) is 12.1. The van der Waals surface area contributed by atoms with Gasteiger partial charge < -0.3 is 5.73 Å². The number of rotatable bonds is 4. The van der Waals surface area contributed by atoms with Gasteiger partial charge in [-0.05, 0) is 6.07 Å². The Balaban J connectivity index is 0.000000422. The van der Waals surface area contributed by atoms with Crippen LogP contribution in [0, 0.1) is 10.1 Å². The lowest BCUT2D eigenvalue weighted by molar-refractivity contribution is -0.385. The summed E-state index contributed by atoms with van der Waals surface area (Å²) in [5.74, 6) is -0.581. The molecule has 0 aliphatic rings. The van der Waals surface area contributed by atoms with Crippen LogP contribution in [0.15, 0.2) is 54.6 Å². The van der Waals surface area contributed by atoms with Crippen LogP contribution >= 0.6 is 0 Å². The number of hydrogen-bond donors (Lipinski definition) is 1. The van der Waals surface area contributed by atoms with Gasteiger partial charge in [0.05, 0.1) is 4.92 Å². The van der Waals surface area contributed by atoms with Gasteiger partial charge in [0.1, 0.15) is 5.56 Å². The molecule has 2 aromatic rings. The molecule has 0 aromatic heterocycles. The van der Waals surface area contributed by atoms with Crippen LogP contribution in [0.5, 0.6) is 0 Å². The van der Waals surface area contributed by atoms with Crippen molar-refractivity contribution in [2.45, 2.75) is 13.3 Å². The summed E-state index contributed by atoms with van der Waals surface area (Å²) in [6, 6.07) is 14.5. The molecular formula is C16H16N2O4. The molecule has 0 saturated carbocycles. The maximum absolute atomic E-state index is 12.1. The minimum Gasteiger partial charge on any atom is -0.370 e. The lowest BCUT2D eigenvalue weighted by Crippen LogP contribution is -2.06. The van der Waals surface area contributed by atoms with E-state index in [2.05, 4.69) is 5.73 Å². The summed E-state index contributed by atoms with van der Waals surface area (Å²) in [5, 5.41) is 10.8. The molecule has 6 heteroatoms. The van der Waals surface area contributed by atoms with Crippen LogP contribution in [0.3, 0.4) is 0 Å². The Bertz CT molecular complexity index is 669. The molecule has 0 bridgehead atoms. The predicted octanol–water partition coefficient (Wildman–Crippen LogP) is 2.71. The zero-order valence-corrected chi connectivity index (χ0v) is 12.1. The van der Waals surface area contributed by atoms with E-state index in [0.29, 0.717) is 12.0 Å². The van der Waals surface area contributed by atoms with E-state index in [9.17, 15) is 19.7 Å². The van der Waals surface area contributed by atoms with E-state index in [4.69, 9.17) is 0 Å². The standard InChI is InChI=1S/C13H9NO3.C3H7NO/c15-13(10-6-2-1-3-7-10)11-8-4-5-9-12(11)14(16)17;1-2-3(4)5/h1-9H;2H2,1H3,(H2,4,5). The highest BCUT2D eigenvalue weighted by Crippen LogP contribution is 2.20. The summed E-state index contributed by atoms with van der Waals surface area (Å²) in [7, 11) is 0. The molecule has 0 radical (unpaired) electrons. The number of nitro groups is 1. The normalized spacial score (nSPS) is 9.32. The molecule has 2 N–H and O–H groups in total. The third-order valence-corrected chi connectivity index (χ3v) is 2.73. The summed E-state index contributed by atoms with van der Waals surface area (Å²) in [5.41, 5.74) is 5.05. The number of ketones is 1. The Morgan fingerprint density at radius 2 is 1.55 bits per heavy atom. The van der Waals surface area contributed by atoms with E-state index in [1.54, 1.807) is 49.4 Å². The van der Waals surface area contributed by atoms with Gasteiger partial charge in [-0.25, -0.2) is 0 Å². The fourth-order valence-electron chi connectivity index (χ4n) is 1.57. The van der Waals surface area contributed by atoms with Crippen molar-refractivity contribution in [3.8, 4) is 0 Å². The minimum atomic E-state index is -0.545. The number of carbonyl (C=O) groups is 2. The van der Waals surface area contributed by atoms with E-state index in [-0.39, 0.29) is 22.9 Å². The van der Waals surface area contributed by atoms with Crippen LogP contribution in [0.2, 0.25) is 0 Å². The highest BCUT2D eigenvalue weighted by molar-refractivity contribution is 6.11. The molecule has 0 saturated heterocycles. The number of benzene rings is 2. The minimum absolute atomic E-state index is 0.115. The first-order valence-corrected chi connectivity index (χ1v) is 6.58. The van der Waals surface area contributed by atoms with E-state index < -0.39 is 4.92 Å². The van der Waals surface area contributed by atoms with Gasteiger partial charge in [0, 0.05) is 18.1 Å². The summed E-state index contributed by atoms with van der Waals surface area (Å²) in [6.07, 6.45) is 0.444. The fraction of sp³-hybridized carbons (Fsp3) is 0.125. The first-order valence-electron chi connectivity index (χ1n) is 6.58. The van der Waals surface area contributed by atoms with Crippen LogP contribution in [0.4, 0.5) is 5.69 Å². The number of amides is 1. The Hall–Kier alpha value is -3.02. The van der Waals surface area contributed by atoms with E-state index >= 15 is 0 Å². The molecule has 0 atom stereocenters. The summed E-state index contributed by atoms with van der Waals surface area (Å²) in [4.78, 5) is 31.9. The average molecular weight is 300 g/mol. The van der Waals surface area contributed by atoms with E-state index in [0.717, 1.165) is 0 Å². The Morgan fingerprint density at radius 3 is 2.05 bits per heavy atom. The van der Waals surface area contributed by atoms with Crippen LogP contribution in [0.25, 0.3) is 0 Å². The number of nitro benzene ring substituents is 1. The number of nitrogens with two attached hydrogens (primary N) is 1. The van der Waals surface area contributed by atoms with Gasteiger partial charge in [0.15, 0.2) is 5.78 Å². The smallest absolute Gasteiger partial charge is 0.280 e. The highest BCUT2D eigenvalue weighted by atomic mass is 16.6. The molecule has 2 rings (SSSR count). The molecule has 6 nitrogen and oxygen atoms in total. The highest BCUT2D eigenvalue weighted by Gasteiger charge is 2.19. The van der Waals surface area contributed by atoms with Crippen LogP contribution in [0.1, 0.15) is 29.3 Å². The molecule has 22 heavy (non-hydrogen) atoms. The van der Waals surface area contributed by atoms with Gasteiger partial charge in [-0.1, -0.05) is 49.4 Å². The number of para-hydroxylation sites is 1. The second-order valence-electron chi connectivity index (χ2n) is 4.29. The van der Waals surface area contributed by atoms with Crippen molar-refractivity contribution in [1.29, 1.82) is 0 Å². The monoisotopic (exact) mass is 300 g/mol. The molecule has 0 unspecified atom stereocenters. The van der Waals surface area contributed by atoms with Crippen molar-refractivity contribution in [3.63, 3.8) is 0 Å². The fourth-order valence-corrected chi connectivity index (χ4v) is 1.57. The number of nitrogens with zero attached hydrogens (tertiary/aromatic N) is 1. The van der Waals surface area contributed by atoms with Crippen molar-refractivity contribution in [1.82, 2.24) is 0 Å². The second-order valence-corrected chi connectivity index (χ2v) is 4.29. The van der Waals surface area contributed by atoms with Gasteiger partial charge >= 0.3 is 0 Å². The van der Waals surface area contributed by atoms with Crippen LogP contribution in [-0.4, -0.2) is 16.6 Å². The van der Waals surface area contributed by atoms with Crippen molar-refractivity contribution in [2.24, 2.45) is 5.73 Å². The van der Waals surface area contributed by atoms with Crippen LogP contribution in [-0.2, 0) is 4.79 Å². The first-order chi connectivity index (χ1) is 10.5. The molecule has 1 amide bonds. The number of carbonyl (C=O) groups excluding carboxylic acids is 2. The SMILES string of the molecule is CCC(N)=O.O=C(c1ccccc1)c1ccccc1[N+](=O)[O-]. The summed E-state index contributed by atoms with van der Waals surface area (Å²) in [6.45, 7) is 1.72. The Kier molecular flexibility index (Phi) is 6.43. The maximum Gasteiger partial charge on any atom is 0.280 e. The molecule has 0 aliphatic heterocycles.